The van der Waals surface area contributed by atoms with Gasteiger partial charge in [0.1, 0.15) is 11.8 Å². The van der Waals surface area contributed by atoms with E-state index < -0.39 is 24.1 Å². The van der Waals surface area contributed by atoms with Crippen molar-refractivity contribution in [1.29, 1.82) is 0 Å². The molecule has 2 N–H and O–H groups in total. The monoisotopic (exact) mass is 485 g/mol. The third-order valence-corrected chi connectivity index (χ3v) is 6.72. The SMILES string of the molecule is O=C(Nc1nc(-c2ccccc2)c(-c2ccccc2)s1)[C@H]1C[C@H](O)CN1C(=O)Oc1ccccc1. The number of amides is 2. The molecule has 4 aromatic rings. The summed E-state index contributed by atoms with van der Waals surface area (Å²) in [6, 6.07) is 27.4. The average molecular weight is 486 g/mol. The number of thiazole rings is 1. The average Bonchev–Trinajstić information content (AvgIpc) is 3.49. The molecule has 0 spiro atoms. The Kier molecular flexibility index (Phi) is 6.56. The van der Waals surface area contributed by atoms with Crippen LogP contribution in [0.25, 0.3) is 21.7 Å². The van der Waals surface area contributed by atoms with Crippen molar-refractivity contribution in [3.8, 4) is 27.4 Å². The van der Waals surface area contributed by atoms with Gasteiger partial charge in [0.05, 0.1) is 23.2 Å². The Morgan fingerprint density at radius 3 is 2.17 bits per heavy atom. The van der Waals surface area contributed by atoms with E-state index in [1.165, 1.54) is 16.2 Å². The van der Waals surface area contributed by atoms with E-state index in [4.69, 9.17) is 9.72 Å². The van der Waals surface area contributed by atoms with Crippen molar-refractivity contribution < 1.29 is 19.4 Å². The molecule has 1 aromatic heterocycles. The van der Waals surface area contributed by atoms with Crippen LogP contribution in [0.5, 0.6) is 5.75 Å². The predicted octanol–water partition coefficient (Wildman–Crippen LogP) is 5.05. The Hall–Kier alpha value is -4.01. The molecule has 0 bridgehead atoms. The van der Waals surface area contributed by atoms with Gasteiger partial charge in [-0.05, 0) is 17.7 Å². The van der Waals surface area contributed by atoms with E-state index in [1.54, 1.807) is 24.3 Å². The predicted molar refractivity (Wildman–Crippen MR) is 135 cm³/mol. The molecule has 1 saturated heterocycles. The Morgan fingerprint density at radius 2 is 1.51 bits per heavy atom. The van der Waals surface area contributed by atoms with Crippen molar-refractivity contribution in [2.75, 3.05) is 11.9 Å². The second kappa shape index (κ2) is 10.1. The minimum absolute atomic E-state index is 0.0200. The number of para-hydroxylation sites is 1. The van der Waals surface area contributed by atoms with Crippen LogP contribution >= 0.6 is 11.3 Å². The normalized spacial score (nSPS) is 17.2. The summed E-state index contributed by atoms with van der Waals surface area (Å²) in [4.78, 5) is 32.9. The zero-order valence-corrected chi connectivity index (χ0v) is 19.5. The number of aliphatic hydroxyl groups excluding tert-OH is 1. The second-order valence-corrected chi connectivity index (χ2v) is 9.16. The van der Waals surface area contributed by atoms with E-state index in [1.807, 2.05) is 66.7 Å². The van der Waals surface area contributed by atoms with Gasteiger partial charge in [0.15, 0.2) is 5.13 Å². The largest absolute Gasteiger partial charge is 0.416 e. The zero-order chi connectivity index (χ0) is 24.2. The molecule has 1 aliphatic heterocycles. The molecule has 5 rings (SSSR count). The van der Waals surface area contributed by atoms with Crippen molar-refractivity contribution in [3.05, 3.63) is 91.0 Å². The van der Waals surface area contributed by atoms with E-state index in [2.05, 4.69) is 5.32 Å². The summed E-state index contributed by atoms with van der Waals surface area (Å²) in [6.45, 7) is 0.0200. The summed E-state index contributed by atoms with van der Waals surface area (Å²) in [5, 5.41) is 13.5. The first-order chi connectivity index (χ1) is 17.1. The summed E-state index contributed by atoms with van der Waals surface area (Å²) in [5.41, 5.74) is 2.70. The number of nitrogens with one attached hydrogen (secondary N) is 1. The molecular formula is C27H23N3O4S. The number of carbonyl (C=O) groups is 2. The molecule has 1 aliphatic rings. The number of aliphatic hydroxyl groups is 1. The summed E-state index contributed by atoms with van der Waals surface area (Å²) in [5.74, 6) is -0.0440. The van der Waals surface area contributed by atoms with Gasteiger partial charge in [-0.2, -0.15) is 0 Å². The van der Waals surface area contributed by atoms with Crippen LogP contribution in [0.2, 0.25) is 0 Å². The van der Waals surface area contributed by atoms with Gasteiger partial charge in [0.25, 0.3) is 0 Å². The molecule has 0 unspecified atom stereocenters. The Bertz CT molecular complexity index is 1260. The van der Waals surface area contributed by atoms with Crippen LogP contribution in [0.15, 0.2) is 91.0 Å². The number of ether oxygens (including phenoxy) is 1. The van der Waals surface area contributed by atoms with Crippen LogP contribution in [0, 0.1) is 0 Å². The van der Waals surface area contributed by atoms with Crippen molar-refractivity contribution in [2.45, 2.75) is 18.6 Å². The van der Waals surface area contributed by atoms with Crippen molar-refractivity contribution in [1.82, 2.24) is 9.88 Å². The number of likely N-dealkylation sites (tertiary alicyclic amines) is 1. The third kappa shape index (κ3) is 5.08. The van der Waals surface area contributed by atoms with Crippen LogP contribution < -0.4 is 10.1 Å². The summed E-state index contributed by atoms with van der Waals surface area (Å²) >= 11 is 1.37. The third-order valence-electron chi connectivity index (χ3n) is 5.71. The van der Waals surface area contributed by atoms with Gasteiger partial charge in [-0.15, -0.1) is 0 Å². The Labute approximate surface area is 206 Å². The van der Waals surface area contributed by atoms with Gasteiger partial charge in [-0.25, -0.2) is 9.78 Å². The zero-order valence-electron chi connectivity index (χ0n) is 18.7. The second-order valence-electron chi connectivity index (χ2n) is 8.16. The first-order valence-electron chi connectivity index (χ1n) is 11.2. The smallest absolute Gasteiger partial charge is 0.410 e. The highest BCUT2D eigenvalue weighted by Crippen LogP contribution is 2.39. The molecule has 2 heterocycles. The highest BCUT2D eigenvalue weighted by Gasteiger charge is 2.40. The first-order valence-corrected chi connectivity index (χ1v) is 12.0. The maximum absolute atomic E-state index is 13.2. The van der Waals surface area contributed by atoms with E-state index in [0.29, 0.717) is 10.9 Å². The standard InChI is InChI=1S/C27H23N3O4S/c31-20-16-22(30(17-20)27(33)34-21-14-8-3-9-15-21)25(32)29-26-28-23(18-10-4-1-5-11-18)24(35-26)19-12-6-2-7-13-19/h1-15,20,22,31H,16-17H2,(H,28,29,32)/t20-,22+/m0/s1. The fourth-order valence-corrected chi connectivity index (χ4v) is 5.05. The number of carbonyl (C=O) groups excluding carboxylic acids is 2. The minimum atomic E-state index is -0.870. The van der Waals surface area contributed by atoms with Gasteiger partial charge < -0.3 is 15.2 Å². The highest BCUT2D eigenvalue weighted by atomic mass is 32.1. The lowest BCUT2D eigenvalue weighted by Crippen LogP contribution is -2.44. The van der Waals surface area contributed by atoms with Crippen LogP contribution in [-0.4, -0.2) is 45.7 Å². The van der Waals surface area contributed by atoms with Gasteiger partial charge in [0, 0.05) is 12.0 Å². The van der Waals surface area contributed by atoms with Crippen molar-refractivity contribution in [3.63, 3.8) is 0 Å². The minimum Gasteiger partial charge on any atom is -0.410 e. The fraction of sp³-hybridized carbons (Fsp3) is 0.148. The number of hydrogen-bond acceptors (Lipinski definition) is 6. The van der Waals surface area contributed by atoms with E-state index in [-0.39, 0.29) is 13.0 Å². The van der Waals surface area contributed by atoms with Crippen molar-refractivity contribution >= 4 is 28.5 Å². The molecule has 0 aliphatic carbocycles. The number of anilines is 1. The summed E-state index contributed by atoms with van der Waals surface area (Å²) < 4.78 is 5.40. The topological polar surface area (TPSA) is 91.8 Å². The lowest BCUT2D eigenvalue weighted by atomic mass is 10.1. The van der Waals surface area contributed by atoms with E-state index in [9.17, 15) is 14.7 Å². The molecule has 0 radical (unpaired) electrons. The van der Waals surface area contributed by atoms with Gasteiger partial charge in [0.2, 0.25) is 5.91 Å². The number of β-amino-alcohol motifs (C(OH)–C–C–N with tert-alkyl or cyclic N) is 1. The first kappa shape index (κ1) is 22.8. The molecule has 7 nitrogen and oxygen atoms in total. The van der Waals surface area contributed by atoms with Crippen LogP contribution in [0.1, 0.15) is 6.42 Å². The number of aromatic nitrogens is 1. The quantitative estimate of drug-likeness (QED) is 0.413. The lowest BCUT2D eigenvalue weighted by Gasteiger charge is -2.22. The Morgan fingerprint density at radius 1 is 0.914 bits per heavy atom. The van der Waals surface area contributed by atoms with Crippen LogP contribution in [-0.2, 0) is 4.79 Å². The fourth-order valence-electron chi connectivity index (χ4n) is 4.05. The van der Waals surface area contributed by atoms with Crippen LogP contribution in [0.3, 0.4) is 0 Å². The lowest BCUT2D eigenvalue weighted by molar-refractivity contribution is -0.119. The molecule has 1 fully saturated rings. The molecule has 8 heteroatoms. The molecule has 3 aromatic carbocycles. The molecular weight excluding hydrogens is 462 g/mol. The maximum Gasteiger partial charge on any atom is 0.416 e. The molecule has 35 heavy (non-hydrogen) atoms. The van der Waals surface area contributed by atoms with E-state index in [0.717, 1.165) is 21.7 Å². The number of rotatable bonds is 5. The number of nitrogens with zero attached hydrogens (tertiary/aromatic N) is 2. The highest BCUT2D eigenvalue weighted by molar-refractivity contribution is 7.19. The summed E-state index contributed by atoms with van der Waals surface area (Å²) in [7, 11) is 0. The van der Waals surface area contributed by atoms with E-state index >= 15 is 0 Å². The van der Waals surface area contributed by atoms with Gasteiger partial charge in [-0.1, -0.05) is 90.2 Å². The van der Waals surface area contributed by atoms with Crippen molar-refractivity contribution in [2.24, 2.45) is 0 Å². The van der Waals surface area contributed by atoms with Gasteiger partial charge in [-0.3, -0.25) is 9.69 Å². The number of benzene rings is 3. The maximum atomic E-state index is 13.2. The summed E-state index contributed by atoms with van der Waals surface area (Å²) in [6.07, 6.45) is -1.37. The van der Waals surface area contributed by atoms with Crippen LogP contribution in [0.4, 0.5) is 9.93 Å². The molecule has 2 atom stereocenters. The van der Waals surface area contributed by atoms with Gasteiger partial charge >= 0.3 is 6.09 Å². The Balaban J connectivity index is 1.39. The number of hydrogen-bond donors (Lipinski definition) is 2. The molecule has 2 amide bonds. The molecule has 0 saturated carbocycles. The molecule has 176 valence electrons.